The summed E-state index contributed by atoms with van der Waals surface area (Å²) in [6.45, 7) is 13.9. The lowest BCUT2D eigenvalue weighted by molar-refractivity contribution is 0.591. The van der Waals surface area contributed by atoms with E-state index in [1.54, 1.807) is 0 Å². The predicted molar refractivity (Wildman–Crippen MR) is 261 cm³/mol. The van der Waals surface area contributed by atoms with Crippen LogP contribution in [0, 0.1) is 0 Å². The summed E-state index contributed by atoms with van der Waals surface area (Å²) in [5.74, 6) is 0. The van der Waals surface area contributed by atoms with Crippen LogP contribution in [0.3, 0.4) is 0 Å². The number of para-hydroxylation sites is 2. The molecular weight excluding hydrogens is 741 g/mol. The normalized spacial score (nSPS) is 13.1. The van der Waals surface area contributed by atoms with Gasteiger partial charge in [0.15, 0.2) is 0 Å². The molecule has 0 spiro atoms. The molecule has 13 rings (SSSR count). The van der Waals surface area contributed by atoms with Gasteiger partial charge in [-0.3, -0.25) is 4.40 Å². The molecule has 0 saturated heterocycles. The van der Waals surface area contributed by atoms with Crippen molar-refractivity contribution in [3.63, 3.8) is 0 Å². The third-order valence-electron chi connectivity index (χ3n) is 13.6. The maximum atomic E-state index is 5.62. The van der Waals surface area contributed by atoms with Gasteiger partial charge in [-0.2, -0.15) is 0 Å². The van der Waals surface area contributed by atoms with Crippen LogP contribution >= 0.6 is 0 Å². The van der Waals surface area contributed by atoms with E-state index in [1.807, 2.05) is 0 Å². The average Bonchev–Trinajstić information content (AvgIpc) is 3.99. The van der Waals surface area contributed by atoms with Crippen molar-refractivity contribution in [2.24, 2.45) is 0 Å². The lowest BCUT2D eigenvalue weighted by Gasteiger charge is -2.29. The van der Waals surface area contributed by atoms with Crippen LogP contribution in [0.5, 0.6) is 0 Å². The van der Waals surface area contributed by atoms with Gasteiger partial charge in [0, 0.05) is 54.5 Å². The third-order valence-corrected chi connectivity index (χ3v) is 13.6. The van der Waals surface area contributed by atoms with Gasteiger partial charge in [0.05, 0.1) is 39.5 Å². The highest BCUT2D eigenvalue weighted by Gasteiger charge is 2.31. The molecule has 4 nitrogen and oxygen atoms in total. The lowest BCUT2D eigenvalue weighted by Crippen LogP contribution is -2.15. The molecule has 8 aromatic carbocycles. The maximum absolute atomic E-state index is 5.62. The standard InChI is InChI=1S/C57H44N4/c1-56(2,3)35-25-26-45-43(29-35)48-39-23-15-13-18-34(39)28-44-49-47(60(45)54(44)48)32-58-55-51(49)50-40-24-16-14-17-33(40)27-41-42-30-36(57(4,5)6)31-46(52(42)61(55)53(41)50)59(37-19-9-7-10-20-37)38-21-11-8-12-22-38/h7-32H,1-6H3. The van der Waals surface area contributed by atoms with Gasteiger partial charge in [-0.1, -0.05) is 133 Å². The van der Waals surface area contributed by atoms with Gasteiger partial charge in [0.25, 0.3) is 0 Å². The molecular formula is C57H44N4. The van der Waals surface area contributed by atoms with Crippen molar-refractivity contribution >= 4 is 115 Å². The van der Waals surface area contributed by atoms with Crippen LogP contribution in [0.4, 0.5) is 17.1 Å². The van der Waals surface area contributed by atoms with Crippen molar-refractivity contribution in [2.75, 3.05) is 4.90 Å². The first kappa shape index (κ1) is 34.7. The summed E-state index contributed by atoms with van der Waals surface area (Å²) < 4.78 is 5.03. The van der Waals surface area contributed by atoms with E-state index in [1.165, 1.54) is 97.8 Å². The second-order valence-electron chi connectivity index (χ2n) is 19.3. The van der Waals surface area contributed by atoms with Gasteiger partial charge < -0.3 is 9.30 Å². The predicted octanol–water partition coefficient (Wildman–Crippen LogP) is 15.8. The van der Waals surface area contributed by atoms with Crippen LogP contribution in [0.2, 0.25) is 0 Å². The summed E-state index contributed by atoms with van der Waals surface area (Å²) in [7, 11) is 0. The first-order valence-corrected chi connectivity index (χ1v) is 21.6. The molecule has 0 amide bonds. The van der Waals surface area contributed by atoms with Crippen molar-refractivity contribution in [3.05, 3.63) is 169 Å². The largest absolute Gasteiger partial charge is 0.308 e. The topological polar surface area (TPSA) is 24.9 Å². The van der Waals surface area contributed by atoms with Gasteiger partial charge in [0.1, 0.15) is 5.65 Å². The van der Waals surface area contributed by atoms with E-state index < -0.39 is 0 Å². The van der Waals surface area contributed by atoms with Crippen molar-refractivity contribution < 1.29 is 0 Å². The lowest BCUT2D eigenvalue weighted by atomic mass is 9.85. The van der Waals surface area contributed by atoms with Gasteiger partial charge in [-0.15, -0.1) is 0 Å². The Kier molecular flexibility index (Phi) is 6.69. The minimum absolute atomic E-state index is 0.0273. The maximum Gasteiger partial charge on any atom is 0.146 e. The zero-order valence-electron chi connectivity index (χ0n) is 35.3. The molecule has 0 radical (unpaired) electrons. The summed E-state index contributed by atoms with van der Waals surface area (Å²) in [5.41, 5.74) is 13.0. The van der Waals surface area contributed by atoms with E-state index in [-0.39, 0.29) is 10.8 Å². The Bertz CT molecular complexity index is 3890. The Labute approximate surface area is 353 Å². The minimum Gasteiger partial charge on any atom is -0.308 e. The van der Waals surface area contributed by atoms with Crippen LogP contribution in [0.25, 0.3) is 97.9 Å². The van der Waals surface area contributed by atoms with E-state index in [0.717, 1.165) is 28.2 Å². The molecule has 61 heavy (non-hydrogen) atoms. The van der Waals surface area contributed by atoms with Crippen molar-refractivity contribution in [2.45, 2.75) is 52.4 Å². The molecule has 5 aromatic heterocycles. The van der Waals surface area contributed by atoms with E-state index in [2.05, 4.69) is 213 Å². The van der Waals surface area contributed by atoms with Crippen molar-refractivity contribution in [1.29, 1.82) is 0 Å². The van der Waals surface area contributed by atoms with Crippen molar-refractivity contribution in [1.82, 2.24) is 13.8 Å². The van der Waals surface area contributed by atoms with Gasteiger partial charge in [0.2, 0.25) is 0 Å². The third kappa shape index (κ3) is 4.57. The smallest absolute Gasteiger partial charge is 0.146 e. The SMILES string of the molecule is CC(C)(C)c1ccc2c(c1)c1c3ccccc3cc3c4c5c6c7ccccc7cc7c8cc(C(C)(C)C)cc(N(c9ccccc9)c9ccccc9)c8n(c5ncc4n2c31)c76. The van der Waals surface area contributed by atoms with Crippen LogP contribution in [0.1, 0.15) is 52.7 Å². The fourth-order valence-corrected chi connectivity index (χ4v) is 10.7. The molecule has 0 atom stereocenters. The van der Waals surface area contributed by atoms with Gasteiger partial charge in [-0.25, -0.2) is 4.98 Å². The number of hydrogen-bond donors (Lipinski definition) is 0. The van der Waals surface area contributed by atoms with Crippen LogP contribution in [-0.4, -0.2) is 13.8 Å². The Balaban J connectivity index is 1.29. The summed E-state index contributed by atoms with van der Waals surface area (Å²) >= 11 is 0. The highest BCUT2D eigenvalue weighted by molar-refractivity contribution is 6.41. The molecule has 0 saturated carbocycles. The van der Waals surface area contributed by atoms with Crippen LogP contribution in [-0.2, 0) is 10.8 Å². The first-order valence-electron chi connectivity index (χ1n) is 21.6. The monoisotopic (exact) mass is 784 g/mol. The number of fused-ring (bicyclic) bond motifs is 17. The minimum atomic E-state index is -0.0947. The Morgan fingerprint density at radius 2 is 0.967 bits per heavy atom. The average molecular weight is 785 g/mol. The second-order valence-corrected chi connectivity index (χ2v) is 19.3. The molecule has 0 N–H and O–H groups in total. The van der Waals surface area contributed by atoms with Crippen molar-refractivity contribution in [3.8, 4) is 0 Å². The highest BCUT2D eigenvalue weighted by Crippen LogP contribution is 2.52. The number of aromatic nitrogens is 3. The summed E-state index contributed by atoms with van der Waals surface area (Å²) in [5, 5.41) is 15.2. The molecule has 0 fully saturated rings. The van der Waals surface area contributed by atoms with E-state index >= 15 is 0 Å². The molecule has 4 heteroatoms. The van der Waals surface area contributed by atoms with Crippen LogP contribution < -0.4 is 4.90 Å². The number of pyridine rings is 1. The zero-order valence-corrected chi connectivity index (χ0v) is 35.3. The molecule has 0 aliphatic carbocycles. The van der Waals surface area contributed by atoms with Gasteiger partial charge >= 0.3 is 0 Å². The van der Waals surface area contributed by atoms with E-state index in [4.69, 9.17) is 4.98 Å². The number of rotatable bonds is 3. The molecule has 0 aliphatic rings. The molecule has 0 aliphatic heterocycles. The molecule has 0 unspecified atom stereocenters. The molecule has 13 aromatic rings. The van der Waals surface area contributed by atoms with E-state index in [9.17, 15) is 0 Å². The quantitative estimate of drug-likeness (QED) is 0.178. The Morgan fingerprint density at radius 1 is 0.410 bits per heavy atom. The van der Waals surface area contributed by atoms with Crippen LogP contribution in [0.15, 0.2) is 158 Å². The summed E-state index contributed by atoms with van der Waals surface area (Å²) in [6.07, 6.45) is 2.16. The number of hydrogen-bond acceptors (Lipinski definition) is 2. The fourth-order valence-electron chi connectivity index (χ4n) is 10.7. The van der Waals surface area contributed by atoms with E-state index in [0.29, 0.717) is 0 Å². The second kappa shape index (κ2) is 11.8. The summed E-state index contributed by atoms with van der Waals surface area (Å²) in [6, 6.07) is 56.5. The number of benzene rings is 8. The number of anilines is 3. The highest BCUT2D eigenvalue weighted by atomic mass is 15.2. The summed E-state index contributed by atoms with van der Waals surface area (Å²) in [4.78, 5) is 8.07. The van der Waals surface area contributed by atoms with Gasteiger partial charge in [-0.05, 0) is 104 Å². The molecule has 5 heterocycles. The Hall–Kier alpha value is -7.17. The zero-order chi connectivity index (χ0) is 41.1. The Morgan fingerprint density at radius 3 is 1.62 bits per heavy atom. The molecule has 0 bridgehead atoms. The first-order chi connectivity index (χ1) is 29.6. The molecule has 292 valence electrons. The number of nitrogens with zero attached hydrogens (tertiary/aromatic N) is 4. The fraction of sp³-hybridized carbons (Fsp3) is 0.140.